The van der Waals surface area contributed by atoms with Crippen LogP contribution in [0.4, 0.5) is 0 Å². The Morgan fingerprint density at radius 2 is 0.629 bits per heavy atom. The molecule has 0 N–H and O–H groups in total. The maximum atomic E-state index is 6.50. The van der Waals surface area contributed by atoms with E-state index < -0.39 is 0 Å². The fourth-order valence-electron chi connectivity index (χ4n) is 8.25. The third-order valence-electron chi connectivity index (χ3n) is 11.2. The van der Waals surface area contributed by atoms with Crippen LogP contribution in [0.15, 0.2) is 203 Å². The van der Waals surface area contributed by atoms with Crippen molar-refractivity contribution in [3.8, 4) is 79.5 Å². The minimum Gasteiger partial charge on any atom is -0.456 e. The van der Waals surface area contributed by atoms with Gasteiger partial charge >= 0.3 is 0 Å². The Morgan fingerprint density at radius 3 is 1.19 bits per heavy atom. The van der Waals surface area contributed by atoms with Gasteiger partial charge in [0.2, 0.25) is 0 Å². The normalized spacial score (nSPS) is 11.5. The predicted molar refractivity (Wildman–Crippen MR) is 246 cm³/mol. The number of rotatable bonds is 7. The standard InChI is InChI=1S/C54H32N6O2/c1-4-14-34(15-5-1)49-55-50(35-16-6-2-7-17-35)58-53(57-49)38-30-31-44-42(32-38)48-41(22-13-25-46(48)62-44)54-59-51(36-18-8-3-9-19-36)56-52(60-54)37-28-26-33(27-29-37)39-21-12-24-45-47(39)40-20-10-11-23-43(40)61-45/h1-32H. The number of benzene rings is 8. The van der Waals surface area contributed by atoms with Crippen LogP contribution in [0.1, 0.15) is 0 Å². The molecule has 0 aliphatic heterocycles. The van der Waals surface area contributed by atoms with Crippen molar-refractivity contribution in [1.29, 1.82) is 0 Å². The lowest BCUT2D eigenvalue weighted by Crippen LogP contribution is -2.00. The topological polar surface area (TPSA) is 104 Å². The van der Waals surface area contributed by atoms with E-state index in [4.69, 9.17) is 38.7 Å². The van der Waals surface area contributed by atoms with Gasteiger partial charge in [-0.2, -0.15) is 0 Å². The molecule has 0 saturated heterocycles. The molecule has 0 radical (unpaired) electrons. The Balaban J connectivity index is 1.000. The molecular formula is C54H32N6O2. The average molecular weight is 797 g/mol. The number of aromatic nitrogens is 6. The molecule has 0 aliphatic carbocycles. The number of fused-ring (bicyclic) bond motifs is 6. The lowest BCUT2D eigenvalue weighted by Gasteiger charge is -2.10. The molecule has 12 aromatic rings. The average Bonchev–Trinajstić information content (AvgIpc) is 3.93. The van der Waals surface area contributed by atoms with E-state index in [-0.39, 0.29) is 0 Å². The number of hydrogen-bond acceptors (Lipinski definition) is 8. The third kappa shape index (κ3) is 6.17. The molecule has 0 aliphatic rings. The van der Waals surface area contributed by atoms with E-state index in [0.717, 1.165) is 82.8 Å². The molecule has 4 heterocycles. The molecule has 0 unspecified atom stereocenters. The lowest BCUT2D eigenvalue weighted by atomic mass is 9.98. The number of nitrogens with zero attached hydrogens (tertiary/aromatic N) is 6. The van der Waals surface area contributed by atoms with E-state index in [2.05, 4.69) is 42.5 Å². The Bertz CT molecular complexity index is 3570. The van der Waals surface area contributed by atoms with Gasteiger partial charge < -0.3 is 8.83 Å². The summed E-state index contributed by atoms with van der Waals surface area (Å²) < 4.78 is 12.7. The molecule has 8 aromatic carbocycles. The van der Waals surface area contributed by atoms with Gasteiger partial charge in [0.1, 0.15) is 22.3 Å². The van der Waals surface area contributed by atoms with Crippen molar-refractivity contribution >= 4 is 43.9 Å². The molecule has 12 rings (SSSR count). The van der Waals surface area contributed by atoms with Crippen molar-refractivity contribution in [3.05, 3.63) is 194 Å². The smallest absolute Gasteiger partial charge is 0.164 e. The summed E-state index contributed by atoms with van der Waals surface area (Å²) in [6, 6.07) is 64.8. The van der Waals surface area contributed by atoms with Gasteiger partial charge in [-0.25, -0.2) is 29.9 Å². The van der Waals surface area contributed by atoms with Crippen LogP contribution in [0.25, 0.3) is 123 Å². The van der Waals surface area contributed by atoms with Gasteiger partial charge in [0.15, 0.2) is 34.9 Å². The van der Waals surface area contributed by atoms with Gasteiger partial charge in [0.25, 0.3) is 0 Å². The van der Waals surface area contributed by atoms with Gasteiger partial charge in [0, 0.05) is 54.9 Å². The largest absolute Gasteiger partial charge is 0.456 e. The maximum Gasteiger partial charge on any atom is 0.164 e. The molecule has 4 aromatic heterocycles. The Kier molecular flexibility index (Phi) is 8.31. The van der Waals surface area contributed by atoms with Crippen molar-refractivity contribution in [1.82, 2.24) is 29.9 Å². The fraction of sp³-hybridized carbons (Fsp3) is 0. The fourth-order valence-corrected chi connectivity index (χ4v) is 8.25. The molecule has 0 atom stereocenters. The summed E-state index contributed by atoms with van der Waals surface area (Å²) in [5, 5.41) is 3.96. The van der Waals surface area contributed by atoms with E-state index in [1.165, 1.54) is 0 Å². The van der Waals surface area contributed by atoms with Crippen LogP contribution in [0.3, 0.4) is 0 Å². The first-order valence-electron chi connectivity index (χ1n) is 20.4. The minimum absolute atomic E-state index is 0.532. The van der Waals surface area contributed by atoms with Gasteiger partial charge in [-0.3, -0.25) is 0 Å². The van der Waals surface area contributed by atoms with E-state index in [1.807, 2.05) is 152 Å². The van der Waals surface area contributed by atoms with E-state index in [9.17, 15) is 0 Å². The summed E-state index contributed by atoms with van der Waals surface area (Å²) in [7, 11) is 0. The first-order valence-corrected chi connectivity index (χ1v) is 20.4. The first kappa shape index (κ1) is 35.3. The number of para-hydroxylation sites is 1. The zero-order chi connectivity index (χ0) is 41.0. The van der Waals surface area contributed by atoms with Crippen LogP contribution in [-0.4, -0.2) is 29.9 Å². The van der Waals surface area contributed by atoms with Crippen molar-refractivity contribution in [2.45, 2.75) is 0 Å². The zero-order valence-electron chi connectivity index (χ0n) is 33.0. The summed E-state index contributed by atoms with van der Waals surface area (Å²) in [5.41, 5.74) is 10.6. The molecule has 0 bridgehead atoms. The van der Waals surface area contributed by atoms with E-state index in [1.54, 1.807) is 0 Å². The van der Waals surface area contributed by atoms with E-state index in [0.29, 0.717) is 40.5 Å². The number of hydrogen-bond donors (Lipinski definition) is 0. The Labute approximate surface area is 354 Å². The molecule has 0 fully saturated rings. The minimum atomic E-state index is 0.532. The highest BCUT2D eigenvalue weighted by atomic mass is 16.3. The highest BCUT2D eigenvalue weighted by Gasteiger charge is 2.20. The second kappa shape index (κ2) is 14.6. The summed E-state index contributed by atoms with van der Waals surface area (Å²) in [4.78, 5) is 30.3. The molecular weight excluding hydrogens is 765 g/mol. The quantitative estimate of drug-likeness (QED) is 0.157. The maximum absolute atomic E-state index is 6.50. The van der Waals surface area contributed by atoms with Gasteiger partial charge in [-0.15, -0.1) is 0 Å². The molecule has 62 heavy (non-hydrogen) atoms. The van der Waals surface area contributed by atoms with Crippen LogP contribution in [0, 0.1) is 0 Å². The van der Waals surface area contributed by atoms with Crippen molar-refractivity contribution in [2.24, 2.45) is 0 Å². The summed E-state index contributed by atoms with van der Waals surface area (Å²) in [5.74, 6) is 3.41. The van der Waals surface area contributed by atoms with Crippen molar-refractivity contribution < 1.29 is 8.83 Å². The zero-order valence-corrected chi connectivity index (χ0v) is 33.0. The van der Waals surface area contributed by atoms with Crippen LogP contribution in [0.2, 0.25) is 0 Å². The molecule has 0 spiro atoms. The molecule has 0 amide bonds. The number of furan rings is 2. The summed E-state index contributed by atoms with van der Waals surface area (Å²) >= 11 is 0. The SMILES string of the molecule is c1ccc(-c2nc(-c3ccccc3)nc(-c3ccc4oc5cccc(-c6nc(-c7ccccc7)nc(-c7ccc(-c8cccc9oc%10ccccc%10c89)cc7)n6)c5c4c3)n2)cc1. The van der Waals surface area contributed by atoms with Gasteiger partial charge in [0.05, 0.1) is 0 Å². The molecule has 8 heteroatoms. The van der Waals surface area contributed by atoms with Crippen molar-refractivity contribution in [2.75, 3.05) is 0 Å². The second-order valence-corrected chi connectivity index (χ2v) is 15.1. The monoisotopic (exact) mass is 796 g/mol. The van der Waals surface area contributed by atoms with Gasteiger partial charge in [-0.05, 0) is 47.5 Å². The molecule has 0 saturated carbocycles. The van der Waals surface area contributed by atoms with Crippen LogP contribution >= 0.6 is 0 Å². The van der Waals surface area contributed by atoms with Gasteiger partial charge in [-0.1, -0.05) is 158 Å². The van der Waals surface area contributed by atoms with E-state index >= 15 is 0 Å². The second-order valence-electron chi connectivity index (χ2n) is 15.1. The Hall–Kier alpha value is -8.62. The molecule has 290 valence electrons. The highest BCUT2D eigenvalue weighted by molar-refractivity contribution is 6.13. The van der Waals surface area contributed by atoms with Crippen LogP contribution in [0.5, 0.6) is 0 Å². The van der Waals surface area contributed by atoms with Crippen molar-refractivity contribution in [3.63, 3.8) is 0 Å². The first-order chi connectivity index (χ1) is 30.7. The Morgan fingerprint density at radius 1 is 0.242 bits per heavy atom. The summed E-state index contributed by atoms with van der Waals surface area (Å²) in [6.07, 6.45) is 0. The highest BCUT2D eigenvalue weighted by Crippen LogP contribution is 2.40. The van der Waals surface area contributed by atoms with Crippen LogP contribution in [-0.2, 0) is 0 Å². The molecule has 8 nitrogen and oxygen atoms in total. The summed E-state index contributed by atoms with van der Waals surface area (Å²) in [6.45, 7) is 0. The van der Waals surface area contributed by atoms with Crippen LogP contribution < -0.4 is 0 Å². The third-order valence-corrected chi connectivity index (χ3v) is 11.2. The lowest BCUT2D eigenvalue weighted by molar-refractivity contribution is 0.668. The predicted octanol–water partition coefficient (Wildman–Crippen LogP) is 13.5.